The molecule has 0 spiro atoms. The Morgan fingerprint density at radius 2 is 2.07 bits per heavy atom. The predicted octanol–water partition coefficient (Wildman–Crippen LogP) is 4.32. The summed E-state index contributed by atoms with van der Waals surface area (Å²) >= 11 is 6.21. The molecular formula is C21H20ClN3O4. The Hall–Kier alpha value is -3.06. The number of benzene rings is 2. The molecule has 1 unspecified atom stereocenters. The van der Waals surface area contributed by atoms with E-state index in [2.05, 4.69) is 10.1 Å². The largest absolute Gasteiger partial charge is 0.495 e. The van der Waals surface area contributed by atoms with Gasteiger partial charge in [0.15, 0.2) is 0 Å². The van der Waals surface area contributed by atoms with E-state index in [0.717, 1.165) is 5.56 Å². The Kier molecular flexibility index (Phi) is 5.40. The van der Waals surface area contributed by atoms with Crippen LogP contribution in [0.25, 0.3) is 11.4 Å². The maximum atomic E-state index is 12.6. The Bertz CT molecular complexity index is 1040. The quantitative estimate of drug-likeness (QED) is 0.599. The average molecular weight is 414 g/mol. The number of hydrogen-bond acceptors (Lipinski definition) is 6. The fraction of sp³-hybridized carbons (Fsp3) is 0.286. The number of nitrogens with zero attached hydrogens (tertiary/aromatic N) is 3. The van der Waals surface area contributed by atoms with E-state index in [1.54, 1.807) is 24.1 Å². The molecule has 1 aliphatic rings. The van der Waals surface area contributed by atoms with Crippen molar-refractivity contribution >= 4 is 23.2 Å². The van der Waals surface area contributed by atoms with Crippen molar-refractivity contribution in [2.45, 2.75) is 19.3 Å². The topological polar surface area (TPSA) is 77.7 Å². The highest BCUT2D eigenvalue weighted by Crippen LogP contribution is 2.36. The first-order chi connectivity index (χ1) is 14.1. The summed E-state index contributed by atoms with van der Waals surface area (Å²) in [5.41, 5.74) is 1.47. The average Bonchev–Trinajstić information content (AvgIpc) is 3.35. The SMILES string of the molecule is CCOc1ccccc1-c1noc(C2CC(=O)N(c3ccc(OC)c(Cl)c3)C2)n1. The number of hydrogen-bond donors (Lipinski definition) is 0. The number of para-hydroxylation sites is 1. The molecule has 2 heterocycles. The van der Waals surface area contributed by atoms with Crippen LogP contribution in [-0.4, -0.2) is 36.3 Å². The van der Waals surface area contributed by atoms with Gasteiger partial charge in [0.05, 0.1) is 30.2 Å². The molecule has 1 fully saturated rings. The number of amides is 1. The highest BCUT2D eigenvalue weighted by molar-refractivity contribution is 6.32. The van der Waals surface area contributed by atoms with Gasteiger partial charge in [0.1, 0.15) is 11.5 Å². The zero-order valence-corrected chi connectivity index (χ0v) is 16.8. The molecule has 2 aromatic carbocycles. The van der Waals surface area contributed by atoms with Gasteiger partial charge in [-0.25, -0.2) is 0 Å². The minimum Gasteiger partial charge on any atom is -0.495 e. The fourth-order valence-electron chi connectivity index (χ4n) is 3.39. The summed E-state index contributed by atoms with van der Waals surface area (Å²) in [4.78, 5) is 18.8. The van der Waals surface area contributed by atoms with Crippen LogP contribution in [0.15, 0.2) is 47.0 Å². The molecule has 1 amide bonds. The molecule has 7 nitrogen and oxygen atoms in total. The van der Waals surface area contributed by atoms with Gasteiger partial charge in [-0.1, -0.05) is 28.9 Å². The third kappa shape index (κ3) is 3.78. The Balaban J connectivity index is 1.55. The maximum absolute atomic E-state index is 12.6. The van der Waals surface area contributed by atoms with Gasteiger partial charge in [-0.15, -0.1) is 0 Å². The van der Waals surface area contributed by atoms with Crippen LogP contribution in [0.2, 0.25) is 5.02 Å². The molecule has 29 heavy (non-hydrogen) atoms. The lowest BCUT2D eigenvalue weighted by Crippen LogP contribution is -2.24. The van der Waals surface area contributed by atoms with Crippen LogP contribution in [0.4, 0.5) is 5.69 Å². The van der Waals surface area contributed by atoms with Gasteiger partial charge in [-0.05, 0) is 37.3 Å². The normalized spacial score (nSPS) is 16.3. The molecule has 1 saturated heterocycles. The molecule has 0 N–H and O–H groups in total. The van der Waals surface area contributed by atoms with E-state index in [1.165, 1.54) is 0 Å². The Morgan fingerprint density at radius 3 is 2.83 bits per heavy atom. The molecule has 0 bridgehead atoms. The van der Waals surface area contributed by atoms with Gasteiger partial charge in [0, 0.05) is 18.7 Å². The van der Waals surface area contributed by atoms with Crippen molar-refractivity contribution in [3.8, 4) is 22.9 Å². The molecule has 0 saturated carbocycles. The molecule has 150 valence electrons. The van der Waals surface area contributed by atoms with Crippen LogP contribution in [-0.2, 0) is 4.79 Å². The van der Waals surface area contributed by atoms with E-state index in [0.29, 0.717) is 53.5 Å². The van der Waals surface area contributed by atoms with Crippen LogP contribution >= 0.6 is 11.6 Å². The fourth-order valence-corrected chi connectivity index (χ4v) is 3.64. The highest BCUT2D eigenvalue weighted by Gasteiger charge is 2.35. The third-order valence-corrected chi connectivity index (χ3v) is 5.09. The van der Waals surface area contributed by atoms with Gasteiger partial charge < -0.3 is 18.9 Å². The van der Waals surface area contributed by atoms with Gasteiger partial charge >= 0.3 is 0 Å². The summed E-state index contributed by atoms with van der Waals surface area (Å²) in [5.74, 6) is 1.92. The monoisotopic (exact) mass is 413 g/mol. The molecular weight excluding hydrogens is 394 g/mol. The van der Waals surface area contributed by atoms with Crippen molar-refractivity contribution in [3.05, 3.63) is 53.4 Å². The van der Waals surface area contributed by atoms with Gasteiger partial charge in [-0.3, -0.25) is 4.79 Å². The lowest BCUT2D eigenvalue weighted by molar-refractivity contribution is -0.117. The lowest BCUT2D eigenvalue weighted by atomic mass is 10.1. The van der Waals surface area contributed by atoms with Crippen LogP contribution in [0.3, 0.4) is 0 Å². The smallest absolute Gasteiger partial charge is 0.232 e. The number of methoxy groups -OCH3 is 1. The number of halogens is 1. The molecule has 3 aromatic rings. The first-order valence-electron chi connectivity index (χ1n) is 9.30. The lowest BCUT2D eigenvalue weighted by Gasteiger charge is -2.17. The Morgan fingerprint density at radius 1 is 1.24 bits per heavy atom. The second-order valence-corrected chi connectivity index (χ2v) is 7.02. The summed E-state index contributed by atoms with van der Waals surface area (Å²) in [6.45, 7) is 2.90. The molecule has 1 aliphatic heterocycles. The van der Waals surface area contributed by atoms with Crippen molar-refractivity contribution in [1.29, 1.82) is 0 Å². The van der Waals surface area contributed by atoms with Crippen LogP contribution in [0, 0.1) is 0 Å². The summed E-state index contributed by atoms with van der Waals surface area (Å²) < 4.78 is 16.3. The molecule has 1 atom stereocenters. The highest BCUT2D eigenvalue weighted by atomic mass is 35.5. The van der Waals surface area contributed by atoms with E-state index in [1.807, 2.05) is 37.3 Å². The van der Waals surface area contributed by atoms with Crippen molar-refractivity contribution in [2.75, 3.05) is 25.2 Å². The molecule has 1 aromatic heterocycles. The van der Waals surface area contributed by atoms with Crippen molar-refractivity contribution < 1.29 is 18.8 Å². The summed E-state index contributed by atoms with van der Waals surface area (Å²) in [5, 5.41) is 4.55. The summed E-state index contributed by atoms with van der Waals surface area (Å²) in [6, 6.07) is 12.8. The van der Waals surface area contributed by atoms with E-state index >= 15 is 0 Å². The van der Waals surface area contributed by atoms with Crippen LogP contribution < -0.4 is 14.4 Å². The van der Waals surface area contributed by atoms with Crippen molar-refractivity contribution in [1.82, 2.24) is 10.1 Å². The molecule has 0 aliphatic carbocycles. The third-order valence-electron chi connectivity index (χ3n) is 4.79. The summed E-state index contributed by atoms with van der Waals surface area (Å²) in [6.07, 6.45) is 0.290. The Labute approximate surface area is 173 Å². The second kappa shape index (κ2) is 8.13. The number of aromatic nitrogens is 2. The minimum atomic E-state index is -0.191. The van der Waals surface area contributed by atoms with Crippen molar-refractivity contribution in [3.63, 3.8) is 0 Å². The minimum absolute atomic E-state index is 0.0225. The zero-order valence-electron chi connectivity index (χ0n) is 16.1. The number of ether oxygens (including phenoxy) is 2. The second-order valence-electron chi connectivity index (χ2n) is 6.61. The summed E-state index contributed by atoms with van der Waals surface area (Å²) in [7, 11) is 1.55. The van der Waals surface area contributed by atoms with E-state index in [-0.39, 0.29) is 11.8 Å². The number of carbonyl (C=O) groups is 1. The van der Waals surface area contributed by atoms with Gasteiger partial charge in [0.2, 0.25) is 17.6 Å². The number of rotatable bonds is 6. The predicted molar refractivity (Wildman–Crippen MR) is 109 cm³/mol. The molecule has 8 heteroatoms. The molecule has 0 radical (unpaired) electrons. The number of anilines is 1. The molecule has 4 rings (SSSR count). The number of carbonyl (C=O) groups excluding carboxylic acids is 1. The zero-order chi connectivity index (χ0) is 20.4. The van der Waals surface area contributed by atoms with Gasteiger partial charge in [0.25, 0.3) is 0 Å². The van der Waals surface area contributed by atoms with E-state index in [9.17, 15) is 4.79 Å². The standard InChI is InChI=1S/C21H20ClN3O4/c1-3-28-17-7-5-4-6-15(17)20-23-21(29-24-20)13-10-19(26)25(12-13)14-8-9-18(27-2)16(22)11-14/h4-9,11,13H,3,10,12H2,1-2H3. The van der Waals surface area contributed by atoms with Gasteiger partial charge in [-0.2, -0.15) is 4.98 Å². The maximum Gasteiger partial charge on any atom is 0.232 e. The van der Waals surface area contributed by atoms with Crippen LogP contribution in [0.1, 0.15) is 25.2 Å². The van der Waals surface area contributed by atoms with Crippen LogP contribution in [0.5, 0.6) is 11.5 Å². The van der Waals surface area contributed by atoms with Crippen molar-refractivity contribution in [2.24, 2.45) is 0 Å². The first-order valence-corrected chi connectivity index (χ1v) is 9.68. The van der Waals surface area contributed by atoms with E-state index < -0.39 is 0 Å². The first kappa shape index (κ1) is 19.3. The van der Waals surface area contributed by atoms with E-state index in [4.69, 9.17) is 25.6 Å².